The van der Waals surface area contributed by atoms with Gasteiger partial charge in [-0.1, -0.05) is 17.7 Å². The van der Waals surface area contributed by atoms with E-state index in [2.05, 4.69) is 4.72 Å². The number of aryl methyl sites for hydroxylation is 1. The number of anilines is 1. The molecule has 0 aliphatic carbocycles. The Hall–Kier alpha value is -2.90. The Balaban J connectivity index is 1.94. The number of rotatable bonds is 7. The second kappa shape index (κ2) is 8.63. The molecule has 0 saturated carbocycles. The number of hydrogen-bond donors (Lipinski definition) is 1. The Kier molecular flexibility index (Phi) is 6.20. The summed E-state index contributed by atoms with van der Waals surface area (Å²) in [6.07, 6.45) is 0. The van der Waals surface area contributed by atoms with Crippen LogP contribution in [0.5, 0.6) is 23.0 Å². The smallest absolute Gasteiger partial charge is 0.262 e. The monoisotopic (exact) mass is 433 g/mol. The summed E-state index contributed by atoms with van der Waals surface area (Å²) in [5.74, 6) is 2.02. The average molecular weight is 434 g/mol. The Morgan fingerprint density at radius 3 is 2.28 bits per heavy atom. The van der Waals surface area contributed by atoms with Gasteiger partial charge in [-0.05, 0) is 61.0 Å². The highest BCUT2D eigenvalue weighted by atomic mass is 35.5. The van der Waals surface area contributed by atoms with Gasteiger partial charge in [-0.25, -0.2) is 8.42 Å². The molecule has 8 heteroatoms. The number of halogens is 1. The van der Waals surface area contributed by atoms with E-state index >= 15 is 0 Å². The maximum absolute atomic E-state index is 12.9. The summed E-state index contributed by atoms with van der Waals surface area (Å²) in [6, 6.07) is 16.3. The third-order valence-electron chi connectivity index (χ3n) is 4.13. The molecule has 3 aromatic carbocycles. The van der Waals surface area contributed by atoms with E-state index in [1.54, 1.807) is 56.5 Å². The molecular formula is C21H20ClNO5S. The van der Waals surface area contributed by atoms with Crippen LogP contribution in [0.2, 0.25) is 5.02 Å². The van der Waals surface area contributed by atoms with Crippen molar-refractivity contribution in [2.45, 2.75) is 11.8 Å². The van der Waals surface area contributed by atoms with Crippen LogP contribution in [-0.2, 0) is 10.0 Å². The highest BCUT2D eigenvalue weighted by Crippen LogP contribution is 2.35. The Bertz CT molecular complexity index is 1130. The Morgan fingerprint density at radius 2 is 1.59 bits per heavy atom. The molecule has 29 heavy (non-hydrogen) atoms. The molecule has 0 radical (unpaired) electrons. The lowest BCUT2D eigenvalue weighted by molar-refractivity contribution is 0.409. The van der Waals surface area contributed by atoms with Crippen molar-refractivity contribution in [1.82, 2.24) is 0 Å². The van der Waals surface area contributed by atoms with Gasteiger partial charge in [0, 0.05) is 11.1 Å². The molecule has 3 aromatic rings. The minimum Gasteiger partial charge on any atom is -0.497 e. The summed E-state index contributed by atoms with van der Waals surface area (Å²) in [7, 11) is -0.790. The van der Waals surface area contributed by atoms with Crippen LogP contribution in [-0.4, -0.2) is 22.6 Å². The fourth-order valence-corrected chi connectivity index (χ4v) is 4.00. The van der Waals surface area contributed by atoms with Crippen LogP contribution in [0.1, 0.15) is 5.56 Å². The van der Waals surface area contributed by atoms with Gasteiger partial charge in [0.25, 0.3) is 10.0 Å². The summed E-state index contributed by atoms with van der Waals surface area (Å²) in [6.45, 7) is 1.77. The summed E-state index contributed by atoms with van der Waals surface area (Å²) < 4.78 is 44.6. The van der Waals surface area contributed by atoms with Gasteiger partial charge in [0.2, 0.25) is 0 Å². The summed E-state index contributed by atoms with van der Waals surface area (Å²) >= 11 is 6.08. The van der Waals surface area contributed by atoms with Crippen LogP contribution in [0.3, 0.4) is 0 Å². The predicted molar refractivity (Wildman–Crippen MR) is 113 cm³/mol. The summed E-state index contributed by atoms with van der Waals surface area (Å²) in [5.41, 5.74) is 0.920. The van der Waals surface area contributed by atoms with E-state index in [0.29, 0.717) is 33.6 Å². The molecule has 3 rings (SSSR count). The van der Waals surface area contributed by atoms with Crippen molar-refractivity contribution in [2.24, 2.45) is 0 Å². The number of ether oxygens (including phenoxy) is 3. The minimum absolute atomic E-state index is 0.100. The Labute approximate surface area is 175 Å². The average Bonchev–Trinajstić information content (AvgIpc) is 2.70. The normalized spacial score (nSPS) is 11.0. The molecule has 0 bridgehead atoms. The molecule has 0 amide bonds. The fraction of sp³-hybridized carbons (Fsp3) is 0.143. The molecule has 0 unspecified atom stereocenters. The standard InChI is InChI=1S/C21H20ClNO5S/c1-14-11-18(8-10-20(14)27-3)29(24,25)23-19-12-15(22)7-9-21(19)28-17-6-4-5-16(13-17)26-2/h4-13,23H,1-3H3. The SMILES string of the molecule is COc1cccc(Oc2ccc(Cl)cc2NS(=O)(=O)c2ccc(OC)c(C)c2)c1. The molecule has 152 valence electrons. The predicted octanol–water partition coefficient (Wildman–Crippen LogP) is 5.26. The van der Waals surface area contributed by atoms with Crippen LogP contribution in [0.4, 0.5) is 5.69 Å². The van der Waals surface area contributed by atoms with E-state index in [9.17, 15) is 8.42 Å². The van der Waals surface area contributed by atoms with E-state index in [1.165, 1.54) is 25.3 Å². The molecule has 0 fully saturated rings. The van der Waals surface area contributed by atoms with Crippen LogP contribution in [0.15, 0.2) is 65.6 Å². The van der Waals surface area contributed by atoms with Crippen LogP contribution >= 0.6 is 11.6 Å². The van der Waals surface area contributed by atoms with E-state index in [4.69, 9.17) is 25.8 Å². The highest BCUT2D eigenvalue weighted by Gasteiger charge is 2.19. The first kappa shape index (κ1) is 20.8. The van der Waals surface area contributed by atoms with Crippen molar-refractivity contribution in [3.8, 4) is 23.0 Å². The summed E-state index contributed by atoms with van der Waals surface area (Å²) in [5, 5.41) is 0.367. The number of methoxy groups -OCH3 is 2. The van der Waals surface area contributed by atoms with Gasteiger partial charge < -0.3 is 14.2 Å². The lowest BCUT2D eigenvalue weighted by atomic mass is 10.2. The van der Waals surface area contributed by atoms with Gasteiger partial charge in [-0.15, -0.1) is 0 Å². The molecular weight excluding hydrogens is 414 g/mol. The van der Waals surface area contributed by atoms with Gasteiger partial charge in [0.1, 0.15) is 17.2 Å². The van der Waals surface area contributed by atoms with Crippen molar-refractivity contribution in [2.75, 3.05) is 18.9 Å². The molecule has 0 spiro atoms. The third kappa shape index (κ3) is 4.93. The van der Waals surface area contributed by atoms with E-state index in [0.717, 1.165) is 0 Å². The molecule has 0 aliphatic heterocycles. The quantitative estimate of drug-likeness (QED) is 0.550. The first-order valence-electron chi connectivity index (χ1n) is 8.61. The van der Waals surface area contributed by atoms with Gasteiger partial charge in [0.15, 0.2) is 5.75 Å². The zero-order valence-corrected chi connectivity index (χ0v) is 17.7. The van der Waals surface area contributed by atoms with Gasteiger partial charge >= 0.3 is 0 Å². The first-order chi connectivity index (χ1) is 13.8. The Morgan fingerprint density at radius 1 is 0.862 bits per heavy atom. The van der Waals surface area contributed by atoms with Gasteiger partial charge in [-0.2, -0.15) is 0 Å². The third-order valence-corrected chi connectivity index (χ3v) is 5.73. The molecule has 0 aliphatic rings. The van der Waals surface area contributed by atoms with E-state index in [-0.39, 0.29) is 10.6 Å². The number of sulfonamides is 1. The van der Waals surface area contributed by atoms with Crippen LogP contribution in [0.25, 0.3) is 0 Å². The molecule has 1 N–H and O–H groups in total. The zero-order chi connectivity index (χ0) is 21.0. The van der Waals surface area contributed by atoms with E-state index < -0.39 is 10.0 Å². The zero-order valence-electron chi connectivity index (χ0n) is 16.1. The molecule has 0 saturated heterocycles. The lowest BCUT2D eigenvalue weighted by Crippen LogP contribution is -2.14. The topological polar surface area (TPSA) is 73.9 Å². The highest BCUT2D eigenvalue weighted by molar-refractivity contribution is 7.92. The van der Waals surface area contributed by atoms with Crippen molar-refractivity contribution in [1.29, 1.82) is 0 Å². The molecule has 0 atom stereocenters. The van der Waals surface area contributed by atoms with Crippen molar-refractivity contribution in [3.63, 3.8) is 0 Å². The second-order valence-electron chi connectivity index (χ2n) is 6.16. The summed E-state index contributed by atoms with van der Waals surface area (Å²) in [4.78, 5) is 0.100. The van der Waals surface area contributed by atoms with Crippen molar-refractivity contribution in [3.05, 3.63) is 71.2 Å². The van der Waals surface area contributed by atoms with Crippen molar-refractivity contribution < 1.29 is 22.6 Å². The second-order valence-corrected chi connectivity index (χ2v) is 8.28. The van der Waals surface area contributed by atoms with Crippen LogP contribution < -0.4 is 18.9 Å². The lowest BCUT2D eigenvalue weighted by Gasteiger charge is -2.15. The molecule has 0 heterocycles. The minimum atomic E-state index is -3.87. The maximum Gasteiger partial charge on any atom is 0.262 e. The first-order valence-corrected chi connectivity index (χ1v) is 10.5. The largest absolute Gasteiger partial charge is 0.497 e. The fourth-order valence-electron chi connectivity index (χ4n) is 2.68. The molecule has 0 aromatic heterocycles. The molecule has 6 nitrogen and oxygen atoms in total. The van der Waals surface area contributed by atoms with E-state index in [1.807, 2.05) is 0 Å². The van der Waals surface area contributed by atoms with Gasteiger partial charge in [-0.3, -0.25) is 4.72 Å². The number of benzene rings is 3. The maximum atomic E-state index is 12.9. The number of nitrogens with one attached hydrogen (secondary N) is 1. The number of hydrogen-bond acceptors (Lipinski definition) is 5. The van der Waals surface area contributed by atoms with Crippen LogP contribution in [0, 0.1) is 6.92 Å². The van der Waals surface area contributed by atoms with Crippen molar-refractivity contribution >= 4 is 27.3 Å². The van der Waals surface area contributed by atoms with Gasteiger partial charge in [0.05, 0.1) is 24.8 Å².